The quantitative estimate of drug-likeness (QED) is 0.850. The van der Waals surface area contributed by atoms with E-state index in [1.165, 1.54) is 0 Å². The maximum atomic E-state index is 8.73. The Morgan fingerprint density at radius 1 is 1.24 bits per heavy atom. The summed E-state index contributed by atoms with van der Waals surface area (Å²) in [5.41, 5.74) is 7.99. The second-order valence-electron chi connectivity index (χ2n) is 3.67. The van der Waals surface area contributed by atoms with Crippen molar-refractivity contribution in [3.8, 4) is 6.07 Å². The fraction of sp³-hybridized carbons (Fsp3) is 0.0769. The van der Waals surface area contributed by atoms with Crippen molar-refractivity contribution in [2.45, 2.75) is 0 Å². The van der Waals surface area contributed by atoms with E-state index in [1.807, 2.05) is 24.1 Å². The third-order valence-electron chi connectivity index (χ3n) is 2.50. The molecule has 2 aromatic rings. The van der Waals surface area contributed by atoms with Gasteiger partial charge in [0, 0.05) is 30.7 Å². The van der Waals surface area contributed by atoms with Crippen LogP contribution in [-0.4, -0.2) is 12.0 Å². The highest BCUT2D eigenvalue weighted by molar-refractivity contribution is 5.62. The van der Waals surface area contributed by atoms with Crippen LogP contribution in [0.4, 0.5) is 17.2 Å². The van der Waals surface area contributed by atoms with Crippen LogP contribution in [0.2, 0.25) is 0 Å². The predicted molar refractivity (Wildman–Crippen MR) is 67.9 cm³/mol. The molecule has 4 heteroatoms. The maximum absolute atomic E-state index is 8.73. The maximum Gasteiger partial charge on any atom is 0.134 e. The number of nitrogen functional groups attached to an aromatic ring is 1. The summed E-state index contributed by atoms with van der Waals surface area (Å²) in [5, 5.41) is 8.73. The van der Waals surface area contributed by atoms with Gasteiger partial charge in [-0.15, -0.1) is 0 Å². The summed E-state index contributed by atoms with van der Waals surface area (Å²) in [7, 11) is 1.91. The number of anilines is 3. The Labute approximate surface area is 99.9 Å². The van der Waals surface area contributed by atoms with Crippen LogP contribution in [0.15, 0.2) is 42.6 Å². The summed E-state index contributed by atoms with van der Waals surface area (Å²) >= 11 is 0. The molecule has 0 radical (unpaired) electrons. The van der Waals surface area contributed by atoms with Crippen molar-refractivity contribution >= 4 is 17.2 Å². The van der Waals surface area contributed by atoms with Crippen LogP contribution < -0.4 is 10.6 Å². The van der Waals surface area contributed by atoms with Crippen molar-refractivity contribution in [2.75, 3.05) is 17.7 Å². The smallest absolute Gasteiger partial charge is 0.134 e. The summed E-state index contributed by atoms with van der Waals surface area (Å²) in [5.74, 6) is 0.773. The van der Waals surface area contributed by atoms with E-state index < -0.39 is 0 Å². The Hall–Kier alpha value is -2.54. The van der Waals surface area contributed by atoms with Gasteiger partial charge in [0.1, 0.15) is 5.82 Å². The molecule has 4 nitrogen and oxygen atoms in total. The van der Waals surface area contributed by atoms with Crippen molar-refractivity contribution < 1.29 is 0 Å². The van der Waals surface area contributed by atoms with Gasteiger partial charge in [0.15, 0.2) is 0 Å². The lowest BCUT2D eigenvalue weighted by Gasteiger charge is -2.18. The van der Waals surface area contributed by atoms with Gasteiger partial charge in [-0.1, -0.05) is 0 Å². The number of hydrogen-bond acceptors (Lipinski definition) is 4. The molecule has 1 heterocycles. The van der Waals surface area contributed by atoms with Crippen LogP contribution in [0, 0.1) is 11.3 Å². The van der Waals surface area contributed by atoms with E-state index in [1.54, 1.807) is 30.5 Å². The molecule has 0 unspecified atom stereocenters. The van der Waals surface area contributed by atoms with E-state index in [0.29, 0.717) is 11.3 Å². The number of benzene rings is 1. The highest BCUT2D eigenvalue weighted by Gasteiger charge is 2.05. The summed E-state index contributed by atoms with van der Waals surface area (Å²) in [6.07, 6.45) is 1.67. The van der Waals surface area contributed by atoms with Crippen molar-refractivity contribution in [3.05, 3.63) is 48.2 Å². The normalized spacial score (nSPS) is 9.65. The molecule has 0 bridgehead atoms. The Balaban J connectivity index is 2.30. The molecule has 0 aliphatic rings. The highest BCUT2D eigenvalue weighted by Crippen LogP contribution is 2.22. The first kappa shape index (κ1) is 11.0. The lowest BCUT2D eigenvalue weighted by Crippen LogP contribution is -2.11. The molecule has 0 amide bonds. The molecular weight excluding hydrogens is 212 g/mol. The van der Waals surface area contributed by atoms with E-state index >= 15 is 0 Å². The number of hydrogen-bond donors (Lipinski definition) is 1. The summed E-state index contributed by atoms with van der Waals surface area (Å²) in [6.45, 7) is 0. The largest absolute Gasteiger partial charge is 0.399 e. The Bertz CT molecular complexity index is 554. The molecule has 1 aromatic heterocycles. The number of nitrogens with two attached hydrogens (primary N) is 1. The first-order valence-corrected chi connectivity index (χ1v) is 5.16. The average molecular weight is 224 g/mol. The minimum Gasteiger partial charge on any atom is -0.399 e. The molecule has 0 saturated carbocycles. The predicted octanol–water partition coefficient (Wildman–Crippen LogP) is 2.30. The molecule has 2 N–H and O–H groups in total. The molecule has 0 aliphatic heterocycles. The van der Waals surface area contributed by atoms with Gasteiger partial charge >= 0.3 is 0 Å². The SMILES string of the molecule is CN(c1ccc(C#N)cc1)c1cc(N)ccn1. The van der Waals surface area contributed by atoms with Crippen molar-refractivity contribution in [2.24, 2.45) is 0 Å². The summed E-state index contributed by atoms with van der Waals surface area (Å²) in [4.78, 5) is 6.15. The van der Waals surface area contributed by atoms with Gasteiger partial charge in [0.25, 0.3) is 0 Å². The van der Waals surface area contributed by atoms with E-state index in [9.17, 15) is 0 Å². The van der Waals surface area contributed by atoms with Gasteiger partial charge in [-0.2, -0.15) is 5.26 Å². The van der Waals surface area contributed by atoms with Gasteiger partial charge < -0.3 is 10.6 Å². The van der Waals surface area contributed by atoms with Crippen molar-refractivity contribution in [3.63, 3.8) is 0 Å². The van der Waals surface area contributed by atoms with Crippen LogP contribution in [0.5, 0.6) is 0 Å². The number of aromatic nitrogens is 1. The highest BCUT2D eigenvalue weighted by atomic mass is 15.2. The van der Waals surface area contributed by atoms with Gasteiger partial charge in [-0.25, -0.2) is 4.98 Å². The number of pyridine rings is 1. The van der Waals surface area contributed by atoms with Gasteiger partial charge in [0.2, 0.25) is 0 Å². The molecular formula is C13H12N4. The zero-order chi connectivity index (χ0) is 12.3. The van der Waals surface area contributed by atoms with E-state index in [-0.39, 0.29) is 0 Å². The standard InChI is InChI=1S/C13H12N4/c1-17(13-8-11(15)6-7-16-13)12-4-2-10(9-14)3-5-12/h2-8H,1H3,(H2,15,16). The fourth-order valence-corrected chi connectivity index (χ4v) is 1.51. The Kier molecular flexibility index (Phi) is 2.93. The lowest BCUT2D eigenvalue weighted by atomic mass is 10.2. The first-order chi connectivity index (χ1) is 8.20. The van der Waals surface area contributed by atoms with Gasteiger partial charge in [-0.3, -0.25) is 0 Å². The zero-order valence-corrected chi connectivity index (χ0v) is 9.46. The van der Waals surface area contributed by atoms with E-state index in [0.717, 1.165) is 11.5 Å². The minimum absolute atomic E-state index is 0.641. The molecule has 0 saturated heterocycles. The molecule has 84 valence electrons. The second kappa shape index (κ2) is 4.54. The van der Waals surface area contributed by atoms with E-state index in [4.69, 9.17) is 11.0 Å². The second-order valence-corrected chi connectivity index (χ2v) is 3.67. The Morgan fingerprint density at radius 2 is 1.94 bits per heavy atom. The molecule has 0 spiro atoms. The van der Waals surface area contributed by atoms with Crippen molar-refractivity contribution in [1.82, 2.24) is 4.98 Å². The van der Waals surface area contributed by atoms with Crippen LogP contribution in [0.1, 0.15) is 5.56 Å². The Morgan fingerprint density at radius 3 is 2.53 bits per heavy atom. The monoisotopic (exact) mass is 224 g/mol. The van der Waals surface area contributed by atoms with Gasteiger partial charge in [-0.05, 0) is 30.3 Å². The van der Waals surface area contributed by atoms with E-state index in [2.05, 4.69) is 11.1 Å². The van der Waals surface area contributed by atoms with Crippen LogP contribution >= 0.6 is 0 Å². The molecule has 0 aliphatic carbocycles. The molecule has 2 rings (SSSR count). The lowest BCUT2D eigenvalue weighted by molar-refractivity contribution is 1.13. The minimum atomic E-state index is 0.641. The number of nitrogens with zero attached hydrogens (tertiary/aromatic N) is 3. The topological polar surface area (TPSA) is 65.9 Å². The fourth-order valence-electron chi connectivity index (χ4n) is 1.51. The molecule has 17 heavy (non-hydrogen) atoms. The molecule has 0 atom stereocenters. The number of rotatable bonds is 2. The number of nitriles is 1. The summed E-state index contributed by atoms with van der Waals surface area (Å²) in [6, 6.07) is 12.9. The third kappa shape index (κ3) is 2.34. The van der Waals surface area contributed by atoms with Gasteiger partial charge in [0.05, 0.1) is 11.6 Å². The average Bonchev–Trinajstić information content (AvgIpc) is 2.38. The van der Waals surface area contributed by atoms with Crippen LogP contribution in [0.3, 0.4) is 0 Å². The molecule has 1 aromatic carbocycles. The van der Waals surface area contributed by atoms with Crippen LogP contribution in [-0.2, 0) is 0 Å². The molecule has 0 fully saturated rings. The first-order valence-electron chi connectivity index (χ1n) is 5.16. The third-order valence-corrected chi connectivity index (χ3v) is 2.50. The van der Waals surface area contributed by atoms with Crippen LogP contribution in [0.25, 0.3) is 0 Å². The zero-order valence-electron chi connectivity index (χ0n) is 9.46. The summed E-state index contributed by atoms with van der Waals surface area (Å²) < 4.78 is 0. The van der Waals surface area contributed by atoms with Crippen molar-refractivity contribution in [1.29, 1.82) is 5.26 Å².